The highest BCUT2D eigenvalue weighted by molar-refractivity contribution is 14.2. The van der Waals surface area contributed by atoms with E-state index in [4.69, 9.17) is 0 Å². The van der Waals surface area contributed by atoms with E-state index in [1.807, 2.05) is 22.2 Å². The predicted molar refractivity (Wildman–Crippen MR) is 77.6 cm³/mol. The molecule has 0 saturated carbocycles. The normalized spacial score (nSPS) is 15.9. The molecule has 0 radical (unpaired) electrons. The smallest absolute Gasteiger partial charge is 0.330 e. The van der Waals surface area contributed by atoms with E-state index in [1.54, 1.807) is 19.1 Å². The van der Waals surface area contributed by atoms with Crippen LogP contribution in [0.25, 0.3) is 0 Å². The van der Waals surface area contributed by atoms with Crippen molar-refractivity contribution >= 4 is 36.0 Å². The van der Waals surface area contributed by atoms with Gasteiger partial charge in [-0.15, -0.1) is 0 Å². The Bertz CT molecular complexity index is 471. The number of fused-ring (bicyclic) bond motifs is 1. The lowest BCUT2D eigenvalue weighted by atomic mass is 10.2. The first-order valence-electron chi connectivity index (χ1n) is 5.72. The molecule has 1 aliphatic rings. The minimum absolute atomic E-state index is 0.350. The molecular weight excluding hydrogens is 356 g/mol. The third-order valence-corrected chi connectivity index (χ3v) is 6.12. The van der Waals surface area contributed by atoms with Crippen molar-refractivity contribution in [3.8, 4) is 0 Å². The average molecular weight is 370 g/mol. The summed E-state index contributed by atoms with van der Waals surface area (Å²) in [6, 6.07) is 7.31. The van der Waals surface area contributed by atoms with E-state index >= 15 is 0 Å². The second kappa shape index (κ2) is 5.07. The molecule has 1 heterocycles. The Morgan fingerprint density at radius 1 is 1.06 bits per heavy atom. The van der Waals surface area contributed by atoms with Crippen LogP contribution in [0.15, 0.2) is 24.3 Å². The number of rotatable bonds is 2. The summed E-state index contributed by atoms with van der Waals surface area (Å²) in [5, 5.41) is 0. The lowest BCUT2D eigenvalue weighted by Gasteiger charge is -2.36. The van der Waals surface area contributed by atoms with Gasteiger partial charge in [0.05, 0.1) is 11.4 Å². The molecule has 2 rings (SSSR count). The van der Waals surface area contributed by atoms with Gasteiger partial charge in [0.2, 0.25) is 0 Å². The summed E-state index contributed by atoms with van der Waals surface area (Å²) in [6.07, 6.45) is -4.23. The quantitative estimate of drug-likeness (QED) is 0.575. The van der Waals surface area contributed by atoms with Gasteiger partial charge in [0, 0.05) is 34.1 Å². The van der Waals surface area contributed by atoms with E-state index in [-0.39, 0.29) is 3.63 Å². The first-order valence-corrected chi connectivity index (χ1v) is 7.76. The van der Waals surface area contributed by atoms with E-state index in [9.17, 15) is 13.2 Å². The van der Waals surface area contributed by atoms with E-state index in [1.165, 1.54) is 4.90 Å². The Morgan fingerprint density at radius 2 is 1.67 bits per heavy atom. The van der Waals surface area contributed by atoms with Crippen LogP contribution in [0.1, 0.15) is 13.8 Å². The van der Waals surface area contributed by atoms with Gasteiger partial charge in [0.25, 0.3) is 0 Å². The highest BCUT2D eigenvalue weighted by atomic mass is 127. The molecular formula is C12H14F3IN2. The molecule has 18 heavy (non-hydrogen) atoms. The zero-order valence-corrected chi connectivity index (χ0v) is 12.3. The molecule has 1 aliphatic heterocycles. The Labute approximate surface area is 114 Å². The van der Waals surface area contributed by atoms with E-state index in [0.717, 1.165) is 5.69 Å². The molecule has 0 N–H and O–H groups in total. The van der Waals surface area contributed by atoms with Gasteiger partial charge < -0.3 is 8.01 Å². The topological polar surface area (TPSA) is 6.48 Å². The Kier molecular flexibility index (Phi) is 3.84. The van der Waals surface area contributed by atoms with Crippen molar-refractivity contribution in [1.82, 2.24) is 0 Å². The molecule has 6 heteroatoms. The van der Waals surface area contributed by atoms with Crippen molar-refractivity contribution in [2.24, 2.45) is 0 Å². The van der Waals surface area contributed by atoms with Crippen LogP contribution in [0.2, 0.25) is 0 Å². The summed E-state index contributed by atoms with van der Waals surface area (Å²) in [6.45, 7) is 4.62. The van der Waals surface area contributed by atoms with Crippen molar-refractivity contribution in [3.05, 3.63) is 24.3 Å². The van der Waals surface area contributed by atoms with Gasteiger partial charge in [-0.25, -0.2) is 0 Å². The number of anilines is 2. The van der Waals surface area contributed by atoms with Gasteiger partial charge in [-0.3, -0.25) is 0 Å². The maximum Gasteiger partial charge on any atom is 0.438 e. The number of nitrogens with zero attached hydrogens (tertiary/aromatic N) is 2. The van der Waals surface area contributed by atoms with Crippen LogP contribution >= 0.6 is 21.0 Å². The van der Waals surface area contributed by atoms with Crippen molar-refractivity contribution in [3.63, 3.8) is 0 Å². The van der Waals surface area contributed by atoms with Gasteiger partial charge in [0.1, 0.15) is 0 Å². The number of hydrogen-bond acceptors (Lipinski definition) is 2. The zero-order chi connectivity index (χ0) is 13.3. The summed E-state index contributed by atoms with van der Waals surface area (Å²) in [5.74, 6) is 0. The average Bonchev–Trinajstić information content (AvgIpc) is 2.35. The summed E-state index contributed by atoms with van der Waals surface area (Å²) in [5.41, 5.74) is 1.59. The standard InChI is InChI=1S/C12H14F3IN2/c1-3-17-9-7-5-6-8-10(9)18(4-2)16-11(17)12(13,14)15/h5-8H,3-4H2,1-2H3. The maximum absolute atomic E-state index is 13.1. The van der Waals surface area contributed by atoms with Gasteiger partial charge in [-0.1, -0.05) is 12.1 Å². The van der Waals surface area contributed by atoms with Crippen LogP contribution in [0.5, 0.6) is 0 Å². The highest BCUT2D eigenvalue weighted by Crippen LogP contribution is 2.42. The van der Waals surface area contributed by atoms with Gasteiger partial charge >= 0.3 is 6.18 Å². The van der Waals surface area contributed by atoms with Crippen molar-refractivity contribution in [2.45, 2.75) is 20.0 Å². The molecule has 0 atom stereocenters. The lowest BCUT2D eigenvalue weighted by molar-refractivity contribution is -0.0572. The molecule has 1 aromatic rings. The fraction of sp³-hybridized carbons (Fsp3) is 0.417. The summed E-state index contributed by atoms with van der Waals surface area (Å²) >= 11 is -1.19. The van der Waals surface area contributed by atoms with Crippen LogP contribution in [0.4, 0.5) is 24.5 Å². The molecule has 0 fully saturated rings. The molecule has 100 valence electrons. The number of hydrogen-bond donors (Lipinski definition) is 0. The van der Waals surface area contributed by atoms with Gasteiger partial charge in [-0.2, -0.15) is 13.2 Å². The SMILES string of the molecule is CCN1I=C(C(F)(F)F)N(CC)c2ccccc21. The van der Waals surface area contributed by atoms with Crippen LogP contribution in [0.3, 0.4) is 0 Å². The zero-order valence-electron chi connectivity index (χ0n) is 10.1. The molecule has 2 nitrogen and oxygen atoms in total. The Hall–Kier alpha value is -0.790. The van der Waals surface area contributed by atoms with Crippen molar-refractivity contribution in [2.75, 3.05) is 21.1 Å². The first kappa shape index (κ1) is 13.6. The molecule has 0 saturated heterocycles. The fourth-order valence-corrected chi connectivity index (χ4v) is 4.63. The lowest BCUT2D eigenvalue weighted by Crippen LogP contribution is -2.43. The minimum atomic E-state index is -4.23. The Morgan fingerprint density at radius 3 is 2.17 bits per heavy atom. The van der Waals surface area contributed by atoms with E-state index in [2.05, 4.69) is 0 Å². The number of benzene rings is 1. The number of halogens is 4. The summed E-state index contributed by atoms with van der Waals surface area (Å²) in [4.78, 5) is 1.41. The highest BCUT2D eigenvalue weighted by Gasteiger charge is 2.42. The third-order valence-electron chi connectivity index (χ3n) is 2.68. The molecule has 0 aromatic heterocycles. The Balaban J connectivity index is 2.56. The predicted octanol–water partition coefficient (Wildman–Crippen LogP) is 3.93. The summed E-state index contributed by atoms with van der Waals surface area (Å²) < 4.78 is 40.8. The molecule has 0 aliphatic carbocycles. The monoisotopic (exact) mass is 370 g/mol. The second-order valence-electron chi connectivity index (χ2n) is 3.78. The second-order valence-corrected chi connectivity index (χ2v) is 6.45. The van der Waals surface area contributed by atoms with Gasteiger partial charge in [0.15, 0.2) is 3.63 Å². The molecule has 1 aromatic carbocycles. The first-order chi connectivity index (χ1) is 8.49. The van der Waals surface area contributed by atoms with Crippen LogP contribution < -0.4 is 8.01 Å². The largest absolute Gasteiger partial charge is 0.438 e. The molecule has 0 amide bonds. The molecule has 0 spiro atoms. The fourth-order valence-electron chi connectivity index (χ4n) is 1.93. The van der Waals surface area contributed by atoms with E-state index < -0.39 is 27.2 Å². The molecule has 0 unspecified atom stereocenters. The van der Waals surface area contributed by atoms with Crippen molar-refractivity contribution < 1.29 is 13.2 Å². The minimum Gasteiger partial charge on any atom is -0.330 e. The molecule has 0 bridgehead atoms. The van der Waals surface area contributed by atoms with Crippen LogP contribution in [-0.2, 0) is 0 Å². The number of alkyl halides is 3. The third kappa shape index (κ3) is 2.34. The van der Waals surface area contributed by atoms with Crippen LogP contribution in [-0.4, -0.2) is 22.9 Å². The van der Waals surface area contributed by atoms with Crippen molar-refractivity contribution in [1.29, 1.82) is 0 Å². The van der Waals surface area contributed by atoms with E-state index in [0.29, 0.717) is 18.8 Å². The summed E-state index contributed by atoms with van der Waals surface area (Å²) in [7, 11) is 0. The number of para-hydroxylation sites is 2. The van der Waals surface area contributed by atoms with Crippen LogP contribution in [0, 0.1) is 0 Å². The maximum atomic E-state index is 13.1. The van der Waals surface area contributed by atoms with Gasteiger partial charge in [-0.05, 0) is 26.0 Å².